The van der Waals surface area contributed by atoms with Gasteiger partial charge in [0.2, 0.25) is 17.7 Å². The summed E-state index contributed by atoms with van der Waals surface area (Å²) in [6.45, 7) is 8.50. The molecule has 0 radical (unpaired) electrons. The molecule has 4 aliphatic rings. The summed E-state index contributed by atoms with van der Waals surface area (Å²) in [4.78, 5) is 48.8. The lowest BCUT2D eigenvalue weighted by Gasteiger charge is -2.40. The van der Waals surface area contributed by atoms with Gasteiger partial charge in [-0.25, -0.2) is 0 Å². The monoisotopic (exact) mass is 599 g/mol. The lowest BCUT2D eigenvalue weighted by Crippen LogP contribution is -2.59. The fourth-order valence-corrected chi connectivity index (χ4v) is 7.59. The molecule has 4 heterocycles. The van der Waals surface area contributed by atoms with E-state index in [1.54, 1.807) is 9.80 Å². The van der Waals surface area contributed by atoms with E-state index in [-0.39, 0.29) is 30.4 Å². The van der Waals surface area contributed by atoms with Gasteiger partial charge in [-0.2, -0.15) is 0 Å². The highest BCUT2D eigenvalue weighted by atomic mass is 16.5. The molecule has 2 saturated heterocycles. The highest BCUT2D eigenvalue weighted by molar-refractivity contribution is 6.04. The number of ether oxygens (including phenoxy) is 2. The van der Waals surface area contributed by atoms with Crippen LogP contribution in [0.3, 0.4) is 0 Å². The molecule has 9 nitrogen and oxygen atoms in total. The van der Waals surface area contributed by atoms with Crippen molar-refractivity contribution in [1.82, 2.24) is 9.80 Å². The van der Waals surface area contributed by atoms with Gasteiger partial charge in [0.1, 0.15) is 17.4 Å². The maximum absolute atomic E-state index is 14.8. The van der Waals surface area contributed by atoms with E-state index in [2.05, 4.69) is 0 Å². The number of hydrogen-bond donors (Lipinski definition) is 1. The van der Waals surface area contributed by atoms with Gasteiger partial charge >= 0.3 is 0 Å². The molecule has 44 heavy (non-hydrogen) atoms. The molecule has 232 valence electrons. The van der Waals surface area contributed by atoms with Crippen LogP contribution in [-0.2, 0) is 25.5 Å². The summed E-state index contributed by atoms with van der Waals surface area (Å²) in [6.07, 6.45) is 7.87. The van der Waals surface area contributed by atoms with E-state index in [0.717, 1.165) is 5.56 Å². The summed E-state index contributed by atoms with van der Waals surface area (Å²) < 4.78 is 12.5. The SMILES string of the molecule is CCOc1ccc(N2CC=C[C@]3(C)O[C@]45C=CCN(C(C)C)C(=O)C4N([C@@H](CO)Cc4ccccc4)C(=O)[C@@H]5[C@@H]3C2=O)cc1. The van der Waals surface area contributed by atoms with Crippen LogP contribution in [0.25, 0.3) is 0 Å². The number of carbonyl (C=O) groups is 3. The van der Waals surface area contributed by atoms with Gasteiger partial charge in [0.05, 0.1) is 36.7 Å². The molecule has 1 N–H and O–H groups in total. The van der Waals surface area contributed by atoms with Crippen molar-refractivity contribution in [3.8, 4) is 5.75 Å². The molecule has 0 bridgehead atoms. The number of anilines is 1. The van der Waals surface area contributed by atoms with Crippen LogP contribution in [0.1, 0.15) is 33.3 Å². The fraction of sp³-hybridized carbons (Fsp3) is 0.457. The largest absolute Gasteiger partial charge is 0.494 e. The Balaban J connectivity index is 1.45. The number of hydrogen-bond acceptors (Lipinski definition) is 6. The van der Waals surface area contributed by atoms with Crippen LogP contribution in [0, 0.1) is 11.8 Å². The Morgan fingerprint density at radius 1 is 0.932 bits per heavy atom. The molecule has 1 unspecified atom stereocenters. The lowest BCUT2D eigenvalue weighted by molar-refractivity contribution is -0.155. The van der Waals surface area contributed by atoms with Crippen molar-refractivity contribution >= 4 is 23.4 Å². The quantitative estimate of drug-likeness (QED) is 0.468. The van der Waals surface area contributed by atoms with Crippen LogP contribution in [0.4, 0.5) is 5.69 Å². The number of fused-ring (bicyclic) bond motifs is 2. The van der Waals surface area contributed by atoms with Crippen LogP contribution < -0.4 is 9.64 Å². The highest BCUT2D eigenvalue weighted by Crippen LogP contribution is 2.58. The van der Waals surface area contributed by atoms with Crippen molar-refractivity contribution in [3.05, 3.63) is 84.5 Å². The molecule has 2 fully saturated rings. The second-order valence-electron chi connectivity index (χ2n) is 12.5. The number of aliphatic hydroxyl groups excluding tert-OH is 1. The molecule has 4 aliphatic heterocycles. The summed E-state index contributed by atoms with van der Waals surface area (Å²) in [7, 11) is 0. The third-order valence-corrected chi connectivity index (χ3v) is 9.53. The predicted octanol–water partition coefficient (Wildman–Crippen LogP) is 3.37. The van der Waals surface area contributed by atoms with Crippen LogP contribution in [0.15, 0.2) is 78.9 Å². The maximum atomic E-state index is 14.8. The number of aliphatic hydroxyl groups is 1. The molecule has 6 atom stereocenters. The van der Waals surface area contributed by atoms with Crippen LogP contribution >= 0.6 is 0 Å². The average Bonchev–Trinajstić information content (AvgIpc) is 3.28. The Morgan fingerprint density at radius 2 is 1.64 bits per heavy atom. The van der Waals surface area contributed by atoms with Crippen molar-refractivity contribution in [2.75, 3.05) is 31.2 Å². The van der Waals surface area contributed by atoms with Gasteiger partial charge in [-0.3, -0.25) is 14.4 Å². The number of benzene rings is 2. The Hall–Kier alpha value is -3.95. The number of rotatable bonds is 8. The van der Waals surface area contributed by atoms with Crippen LogP contribution in [-0.4, -0.2) is 88.3 Å². The van der Waals surface area contributed by atoms with Crippen molar-refractivity contribution in [2.24, 2.45) is 11.8 Å². The molecule has 9 heteroatoms. The first-order valence-corrected chi connectivity index (χ1v) is 15.5. The van der Waals surface area contributed by atoms with Crippen molar-refractivity contribution in [3.63, 3.8) is 0 Å². The molecule has 3 amide bonds. The summed E-state index contributed by atoms with van der Waals surface area (Å²) in [5.74, 6) is -1.99. The first-order valence-electron chi connectivity index (χ1n) is 15.5. The van der Waals surface area contributed by atoms with Crippen molar-refractivity contribution in [1.29, 1.82) is 0 Å². The van der Waals surface area contributed by atoms with Crippen molar-refractivity contribution < 1.29 is 29.0 Å². The number of likely N-dealkylation sites (tertiary alicyclic amines) is 1. The van der Waals surface area contributed by atoms with E-state index >= 15 is 0 Å². The maximum Gasteiger partial charge on any atom is 0.249 e. The predicted molar refractivity (Wildman–Crippen MR) is 166 cm³/mol. The van der Waals surface area contributed by atoms with Gasteiger partial charge in [-0.05, 0) is 63.9 Å². The van der Waals surface area contributed by atoms with Gasteiger partial charge in [-0.1, -0.05) is 54.6 Å². The Kier molecular flexibility index (Phi) is 7.88. The van der Waals surface area contributed by atoms with Gasteiger partial charge in [0.25, 0.3) is 0 Å². The minimum atomic E-state index is -1.39. The minimum Gasteiger partial charge on any atom is -0.494 e. The lowest BCUT2D eigenvalue weighted by atomic mass is 9.74. The van der Waals surface area contributed by atoms with Gasteiger partial charge in [-0.15, -0.1) is 0 Å². The molecule has 2 aromatic carbocycles. The summed E-state index contributed by atoms with van der Waals surface area (Å²) in [6, 6.07) is 15.1. The molecule has 0 aliphatic carbocycles. The van der Waals surface area contributed by atoms with Gasteiger partial charge in [0, 0.05) is 24.8 Å². The van der Waals surface area contributed by atoms with Crippen LogP contribution in [0.5, 0.6) is 5.75 Å². The normalized spacial score (nSPS) is 30.3. The second-order valence-corrected chi connectivity index (χ2v) is 12.5. The minimum absolute atomic E-state index is 0.126. The Morgan fingerprint density at radius 3 is 2.30 bits per heavy atom. The number of nitrogens with zero attached hydrogens (tertiary/aromatic N) is 3. The summed E-state index contributed by atoms with van der Waals surface area (Å²) >= 11 is 0. The third-order valence-electron chi connectivity index (χ3n) is 9.53. The molecule has 1 spiro atoms. The van der Waals surface area contributed by atoms with E-state index in [1.807, 2.05) is 107 Å². The number of carbonyl (C=O) groups excluding carboxylic acids is 3. The van der Waals surface area contributed by atoms with E-state index in [9.17, 15) is 19.5 Å². The van der Waals surface area contributed by atoms with E-state index in [1.165, 1.54) is 4.90 Å². The molecule has 2 aromatic rings. The first kappa shape index (κ1) is 30.1. The zero-order chi connectivity index (χ0) is 31.2. The zero-order valence-electron chi connectivity index (χ0n) is 25.8. The Bertz CT molecular complexity index is 1470. The van der Waals surface area contributed by atoms with Gasteiger partial charge < -0.3 is 29.3 Å². The summed E-state index contributed by atoms with van der Waals surface area (Å²) in [5.41, 5.74) is -0.900. The van der Waals surface area contributed by atoms with E-state index < -0.39 is 35.1 Å². The zero-order valence-corrected chi connectivity index (χ0v) is 25.8. The molecular formula is C35H41N3O6. The average molecular weight is 600 g/mol. The van der Waals surface area contributed by atoms with Crippen molar-refractivity contribution in [2.45, 2.75) is 63.4 Å². The van der Waals surface area contributed by atoms with E-state index in [4.69, 9.17) is 9.47 Å². The Labute approximate surface area is 258 Å². The highest BCUT2D eigenvalue weighted by Gasteiger charge is 2.75. The first-order chi connectivity index (χ1) is 21.1. The molecule has 0 saturated carbocycles. The smallest absolute Gasteiger partial charge is 0.249 e. The number of amides is 3. The van der Waals surface area contributed by atoms with E-state index in [0.29, 0.717) is 37.6 Å². The summed E-state index contributed by atoms with van der Waals surface area (Å²) in [5, 5.41) is 10.7. The second kappa shape index (κ2) is 11.5. The standard InChI is InChI=1S/C35H41N3O6/c1-5-43-27-15-13-25(14-16-27)37-20-9-17-34(4)28(31(37)40)29-32(41)38(26(22-39)21-24-11-7-6-8-12-24)30-33(42)36(23(2)3)19-10-18-35(29,30)44-34/h6-18,23,26,28-30,39H,5,19-22H2,1-4H3/t26-,28-,29+,30?,34+,35+/m1/s1. The topological polar surface area (TPSA) is 99.6 Å². The molecule has 0 aromatic heterocycles. The van der Waals surface area contributed by atoms with Crippen LogP contribution in [0.2, 0.25) is 0 Å². The fourth-order valence-electron chi connectivity index (χ4n) is 7.59. The van der Waals surface area contributed by atoms with Gasteiger partial charge in [0.15, 0.2) is 0 Å². The molecular weight excluding hydrogens is 558 g/mol. The molecule has 6 rings (SSSR count). The third kappa shape index (κ3) is 4.73.